The van der Waals surface area contributed by atoms with Crippen LogP contribution in [0.2, 0.25) is 0 Å². The number of hydrogen-bond donors (Lipinski definition) is 3. The number of benzene rings is 1. The third-order valence-electron chi connectivity index (χ3n) is 1.65. The molecule has 0 radical (unpaired) electrons. The Kier molecular flexibility index (Phi) is 3.65. The lowest BCUT2D eigenvalue weighted by Gasteiger charge is -2.06. The van der Waals surface area contributed by atoms with Gasteiger partial charge < -0.3 is 15.8 Å². The van der Waals surface area contributed by atoms with E-state index in [1.807, 2.05) is 13.0 Å². The molecule has 0 spiro atoms. The van der Waals surface area contributed by atoms with Crippen molar-refractivity contribution in [3.05, 3.63) is 18.2 Å². The van der Waals surface area contributed by atoms with Crippen LogP contribution in [-0.4, -0.2) is 22.9 Å². The summed E-state index contributed by atoms with van der Waals surface area (Å²) in [6, 6.07) is 5.26. The minimum absolute atomic E-state index is 0.374. The lowest BCUT2D eigenvalue weighted by atomic mass is 9.79. The van der Waals surface area contributed by atoms with Gasteiger partial charge in [0, 0.05) is 16.0 Å². The van der Waals surface area contributed by atoms with E-state index in [9.17, 15) is 0 Å². The molecular weight excluding hydrogens is 185 g/mol. The standard InChI is InChI=1S/C8H12BNO2S/c1-2-13-6-3-4-8(10)7(5-6)9(11)12/h3-5,11-12H,2,10H2,1H3. The van der Waals surface area contributed by atoms with Crippen LogP contribution in [0.15, 0.2) is 23.1 Å². The molecule has 0 saturated heterocycles. The van der Waals surface area contributed by atoms with Crippen molar-refractivity contribution < 1.29 is 10.0 Å². The van der Waals surface area contributed by atoms with Gasteiger partial charge in [-0.2, -0.15) is 0 Å². The summed E-state index contributed by atoms with van der Waals surface area (Å²) in [5.41, 5.74) is 6.34. The maximum absolute atomic E-state index is 8.96. The van der Waals surface area contributed by atoms with Gasteiger partial charge in [-0.05, 0) is 24.0 Å². The average molecular weight is 197 g/mol. The van der Waals surface area contributed by atoms with Crippen molar-refractivity contribution in [2.24, 2.45) is 0 Å². The maximum atomic E-state index is 8.96. The van der Waals surface area contributed by atoms with Gasteiger partial charge in [-0.3, -0.25) is 0 Å². The highest BCUT2D eigenvalue weighted by Gasteiger charge is 2.14. The van der Waals surface area contributed by atoms with Crippen molar-refractivity contribution in [3.63, 3.8) is 0 Å². The number of nitrogen functional groups attached to an aromatic ring is 1. The Morgan fingerprint density at radius 2 is 2.15 bits per heavy atom. The summed E-state index contributed by atoms with van der Waals surface area (Å²) in [6.07, 6.45) is 0. The normalized spacial score (nSPS) is 10.1. The van der Waals surface area contributed by atoms with Crippen LogP contribution < -0.4 is 11.2 Å². The van der Waals surface area contributed by atoms with Crippen LogP contribution in [0, 0.1) is 0 Å². The molecule has 5 heteroatoms. The van der Waals surface area contributed by atoms with Gasteiger partial charge in [-0.15, -0.1) is 11.8 Å². The first kappa shape index (κ1) is 10.4. The fourth-order valence-electron chi connectivity index (χ4n) is 1.03. The molecule has 0 bridgehead atoms. The van der Waals surface area contributed by atoms with Gasteiger partial charge in [-0.1, -0.05) is 6.92 Å². The van der Waals surface area contributed by atoms with E-state index in [0.29, 0.717) is 11.2 Å². The molecule has 4 N–H and O–H groups in total. The Balaban J connectivity index is 2.97. The Labute approximate surface area is 82.1 Å². The van der Waals surface area contributed by atoms with Crippen LogP contribution in [0.1, 0.15) is 6.92 Å². The van der Waals surface area contributed by atoms with Crippen LogP contribution in [-0.2, 0) is 0 Å². The van der Waals surface area contributed by atoms with Crippen molar-refractivity contribution in [2.45, 2.75) is 11.8 Å². The third kappa shape index (κ3) is 2.65. The van der Waals surface area contributed by atoms with E-state index in [2.05, 4.69) is 0 Å². The summed E-state index contributed by atoms with van der Waals surface area (Å²) in [5.74, 6) is 0.949. The largest absolute Gasteiger partial charge is 0.490 e. The van der Waals surface area contributed by atoms with E-state index < -0.39 is 7.12 Å². The Morgan fingerprint density at radius 3 is 2.69 bits per heavy atom. The molecule has 0 aromatic heterocycles. The molecule has 3 nitrogen and oxygen atoms in total. The first-order valence-electron chi connectivity index (χ1n) is 4.03. The van der Waals surface area contributed by atoms with Crippen LogP contribution in [0.4, 0.5) is 5.69 Å². The van der Waals surface area contributed by atoms with Gasteiger partial charge >= 0.3 is 7.12 Å². The second kappa shape index (κ2) is 4.55. The topological polar surface area (TPSA) is 66.5 Å². The molecule has 1 aromatic carbocycles. The maximum Gasteiger partial charge on any atom is 0.490 e. The molecule has 1 rings (SSSR count). The zero-order chi connectivity index (χ0) is 9.84. The number of thioether (sulfide) groups is 1. The van der Waals surface area contributed by atoms with Crippen molar-refractivity contribution in [2.75, 3.05) is 11.5 Å². The van der Waals surface area contributed by atoms with Crippen molar-refractivity contribution in [1.82, 2.24) is 0 Å². The average Bonchev–Trinajstić information content (AvgIpc) is 2.08. The first-order chi connectivity index (χ1) is 6.15. The van der Waals surface area contributed by atoms with Crippen LogP contribution in [0.5, 0.6) is 0 Å². The molecule has 0 saturated carbocycles. The zero-order valence-corrected chi connectivity index (χ0v) is 8.21. The molecule has 0 fully saturated rings. The zero-order valence-electron chi connectivity index (χ0n) is 7.40. The summed E-state index contributed by atoms with van der Waals surface area (Å²) in [7, 11) is -1.49. The highest BCUT2D eigenvalue weighted by atomic mass is 32.2. The molecule has 0 aliphatic rings. The highest BCUT2D eigenvalue weighted by Crippen LogP contribution is 2.17. The second-order valence-electron chi connectivity index (χ2n) is 2.60. The molecule has 0 atom stereocenters. The Bertz CT molecular complexity index is 293. The number of nitrogens with two attached hydrogens (primary N) is 1. The molecule has 70 valence electrons. The first-order valence-corrected chi connectivity index (χ1v) is 5.02. The van der Waals surface area contributed by atoms with E-state index in [1.54, 1.807) is 23.9 Å². The number of rotatable bonds is 3. The summed E-state index contributed by atoms with van der Waals surface area (Å²) in [6.45, 7) is 2.04. The van der Waals surface area contributed by atoms with E-state index in [-0.39, 0.29) is 0 Å². The number of hydrogen-bond acceptors (Lipinski definition) is 4. The molecular formula is C8H12BNO2S. The Hall–Kier alpha value is -0.645. The molecule has 0 heterocycles. The molecule has 1 aromatic rings. The minimum Gasteiger partial charge on any atom is -0.423 e. The lowest BCUT2D eigenvalue weighted by Crippen LogP contribution is -2.32. The number of anilines is 1. The molecule has 13 heavy (non-hydrogen) atoms. The van der Waals surface area contributed by atoms with E-state index >= 15 is 0 Å². The van der Waals surface area contributed by atoms with Crippen LogP contribution in [0.25, 0.3) is 0 Å². The van der Waals surface area contributed by atoms with Crippen molar-refractivity contribution in [3.8, 4) is 0 Å². The minimum atomic E-state index is -1.49. The van der Waals surface area contributed by atoms with Crippen LogP contribution >= 0.6 is 11.8 Å². The predicted octanol–water partition coefficient (Wildman–Crippen LogP) is 0.0606. The van der Waals surface area contributed by atoms with Gasteiger partial charge in [-0.25, -0.2) is 0 Å². The smallest absolute Gasteiger partial charge is 0.423 e. The Morgan fingerprint density at radius 1 is 1.46 bits per heavy atom. The van der Waals surface area contributed by atoms with Crippen LogP contribution in [0.3, 0.4) is 0 Å². The molecule has 0 aliphatic carbocycles. The van der Waals surface area contributed by atoms with Gasteiger partial charge in [0.1, 0.15) is 0 Å². The van der Waals surface area contributed by atoms with E-state index in [0.717, 1.165) is 10.6 Å². The van der Waals surface area contributed by atoms with Gasteiger partial charge in [0.2, 0.25) is 0 Å². The highest BCUT2D eigenvalue weighted by molar-refractivity contribution is 7.99. The SMILES string of the molecule is CCSc1ccc(N)c(B(O)O)c1. The van der Waals surface area contributed by atoms with Gasteiger partial charge in [0.05, 0.1) is 0 Å². The van der Waals surface area contributed by atoms with Gasteiger partial charge in [0.25, 0.3) is 0 Å². The quantitative estimate of drug-likeness (QED) is 0.364. The van der Waals surface area contributed by atoms with E-state index in [1.165, 1.54) is 0 Å². The fourth-order valence-corrected chi connectivity index (χ4v) is 1.74. The summed E-state index contributed by atoms with van der Waals surface area (Å²) < 4.78 is 0. The summed E-state index contributed by atoms with van der Waals surface area (Å²) >= 11 is 1.64. The van der Waals surface area contributed by atoms with Crippen molar-refractivity contribution >= 4 is 30.0 Å². The molecule has 0 unspecified atom stereocenters. The second-order valence-corrected chi connectivity index (χ2v) is 3.93. The van der Waals surface area contributed by atoms with Crippen molar-refractivity contribution in [1.29, 1.82) is 0 Å². The van der Waals surface area contributed by atoms with E-state index in [4.69, 9.17) is 15.8 Å². The van der Waals surface area contributed by atoms with Gasteiger partial charge in [0.15, 0.2) is 0 Å². The summed E-state index contributed by atoms with van der Waals surface area (Å²) in [5, 5.41) is 17.9. The monoisotopic (exact) mass is 197 g/mol. The fraction of sp³-hybridized carbons (Fsp3) is 0.250. The molecule has 0 amide bonds. The molecule has 0 aliphatic heterocycles. The lowest BCUT2D eigenvalue weighted by molar-refractivity contribution is 0.426. The predicted molar refractivity (Wildman–Crippen MR) is 57.1 cm³/mol. The summed E-state index contributed by atoms with van der Waals surface area (Å²) in [4.78, 5) is 1.000. The third-order valence-corrected chi connectivity index (χ3v) is 2.52.